The van der Waals surface area contributed by atoms with E-state index in [1.54, 1.807) is 25.1 Å². The lowest BCUT2D eigenvalue weighted by molar-refractivity contribution is 0.00696. The molecule has 1 atom stereocenters. The Kier molecular flexibility index (Phi) is 4.66. The Morgan fingerprint density at radius 2 is 2.08 bits per heavy atom. The molecule has 0 amide bonds. The van der Waals surface area contributed by atoms with Gasteiger partial charge in [-0.05, 0) is 61.8 Å². The predicted octanol–water partition coefficient (Wildman–Crippen LogP) is 3.27. The number of aliphatic hydroxyl groups excluding tert-OH is 1. The molecule has 0 aliphatic carbocycles. The molecule has 138 valence electrons. The minimum Gasteiger partial charge on any atom is -0.456 e. The average Bonchev–Trinajstić information content (AvgIpc) is 2.82. The quantitative estimate of drug-likeness (QED) is 0.630. The van der Waals surface area contributed by atoms with Crippen LogP contribution in [0.3, 0.4) is 0 Å². The molecule has 3 aromatic rings. The Labute approximate surface area is 159 Å². The first-order valence-corrected chi connectivity index (χ1v) is 9.02. The lowest BCUT2D eigenvalue weighted by atomic mass is 10.1. The molecule has 0 radical (unpaired) electrons. The molecule has 3 rings (SSSR count). The monoisotopic (exact) mass is 420 g/mol. The number of aromatic nitrogens is 3. The average molecular weight is 421 g/mol. The Morgan fingerprint density at radius 3 is 2.69 bits per heavy atom. The Balaban J connectivity index is 2.20. The van der Waals surface area contributed by atoms with Crippen LogP contribution < -0.4 is 5.73 Å². The third kappa shape index (κ3) is 3.52. The van der Waals surface area contributed by atoms with Gasteiger partial charge in [-0.15, -0.1) is 0 Å². The van der Waals surface area contributed by atoms with E-state index in [4.69, 9.17) is 10.5 Å². The molecule has 8 heteroatoms. The molecular formula is C18H21BrN4O3. The number of fused-ring (bicyclic) bond motifs is 3. The molecule has 7 nitrogen and oxygen atoms in total. The van der Waals surface area contributed by atoms with Gasteiger partial charge in [-0.2, -0.15) is 0 Å². The smallest absolute Gasteiger partial charge is 0.338 e. The van der Waals surface area contributed by atoms with Crippen molar-refractivity contribution in [2.24, 2.45) is 0 Å². The van der Waals surface area contributed by atoms with Gasteiger partial charge >= 0.3 is 5.97 Å². The summed E-state index contributed by atoms with van der Waals surface area (Å²) in [5.41, 5.74) is 7.78. The Bertz CT molecular complexity index is 1010. The van der Waals surface area contributed by atoms with E-state index in [0.29, 0.717) is 27.9 Å². The first-order valence-electron chi connectivity index (χ1n) is 8.23. The van der Waals surface area contributed by atoms with E-state index in [2.05, 4.69) is 25.9 Å². The number of esters is 1. The number of ether oxygens (including phenoxy) is 1. The summed E-state index contributed by atoms with van der Waals surface area (Å²) in [6, 6.07) is 5.16. The van der Waals surface area contributed by atoms with Gasteiger partial charge in [0.25, 0.3) is 0 Å². The van der Waals surface area contributed by atoms with E-state index < -0.39 is 17.7 Å². The second kappa shape index (κ2) is 6.51. The summed E-state index contributed by atoms with van der Waals surface area (Å²) in [4.78, 5) is 21.1. The number of hydrogen-bond donors (Lipinski definition) is 2. The van der Waals surface area contributed by atoms with Gasteiger partial charge in [-0.1, -0.05) is 0 Å². The van der Waals surface area contributed by atoms with E-state index in [1.807, 2.05) is 25.3 Å². The van der Waals surface area contributed by atoms with Crippen LogP contribution in [0, 0.1) is 0 Å². The molecule has 0 aliphatic rings. The Hall–Kier alpha value is -2.19. The number of aliphatic hydroxyl groups is 1. The summed E-state index contributed by atoms with van der Waals surface area (Å²) >= 11 is 3.41. The number of nitrogen functional groups attached to an aromatic ring is 1. The number of anilines is 1. The topological polar surface area (TPSA) is 103 Å². The standard InChI is InChI=1S/C18H21BrN4O3/c1-9(24)8-23-14-11-6-5-10(16(25)26-18(2,3)4)7-12(11)21-15(20)13(14)22-17(23)19/h5-7,9,24H,8H2,1-4H3,(H2,20,21). The molecule has 1 aromatic carbocycles. The number of hydrogen-bond acceptors (Lipinski definition) is 6. The van der Waals surface area contributed by atoms with Gasteiger partial charge in [0.1, 0.15) is 11.1 Å². The SMILES string of the molecule is CC(O)Cn1c(Br)nc2c(N)nc3cc(C(=O)OC(C)(C)C)ccc3c21. The zero-order chi connectivity index (χ0) is 19.2. The lowest BCUT2D eigenvalue weighted by Gasteiger charge is -2.19. The second-order valence-corrected chi connectivity index (χ2v) is 7.98. The number of nitrogens with two attached hydrogens (primary N) is 1. The molecule has 26 heavy (non-hydrogen) atoms. The second-order valence-electron chi connectivity index (χ2n) is 7.27. The van der Waals surface area contributed by atoms with Crippen molar-refractivity contribution in [3.05, 3.63) is 28.5 Å². The highest BCUT2D eigenvalue weighted by Gasteiger charge is 2.21. The maximum atomic E-state index is 12.3. The predicted molar refractivity (Wildman–Crippen MR) is 104 cm³/mol. The highest BCUT2D eigenvalue weighted by Crippen LogP contribution is 2.31. The summed E-state index contributed by atoms with van der Waals surface area (Å²) in [5, 5.41) is 10.6. The molecule has 0 bridgehead atoms. The third-order valence-electron chi connectivity index (χ3n) is 3.74. The maximum Gasteiger partial charge on any atom is 0.338 e. The number of carbonyl (C=O) groups excluding carboxylic acids is 1. The van der Waals surface area contributed by atoms with Gasteiger partial charge in [0.15, 0.2) is 10.6 Å². The fraction of sp³-hybridized carbons (Fsp3) is 0.389. The van der Waals surface area contributed by atoms with E-state index in [1.165, 1.54) is 0 Å². The van der Waals surface area contributed by atoms with Crippen LogP contribution in [-0.4, -0.2) is 37.3 Å². The van der Waals surface area contributed by atoms with Crippen LogP contribution >= 0.6 is 15.9 Å². The minimum atomic E-state index is -0.580. The fourth-order valence-corrected chi connectivity index (χ4v) is 3.28. The van der Waals surface area contributed by atoms with Crippen molar-refractivity contribution in [2.45, 2.75) is 45.9 Å². The zero-order valence-electron chi connectivity index (χ0n) is 15.1. The highest BCUT2D eigenvalue weighted by molar-refractivity contribution is 9.10. The summed E-state index contributed by atoms with van der Waals surface area (Å²) in [7, 11) is 0. The van der Waals surface area contributed by atoms with Crippen molar-refractivity contribution in [1.29, 1.82) is 0 Å². The maximum absolute atomic E-state index is 12.3. The summed E-state index contributed by atoms with van der Waals surface area (Å²) in [5.74, 6) is -0.155. The first kappa shape index (κ1) is 18.6. The van der Waals surface area contributed by atoms with E-state index in [0.717, 1.165) is 10.9 Å². The zero-order valence-corrected chi connectivity index (χ0v) is 16.7. The van der Waals surface area contributed by atoms with Crippen molar-refractivity contribution in [3.63, 3.8) is 0 Å². The molecule has 2 heterocycles. The molecule has 2 aromatic heterocycles. The van der Waals surface area contributed by atoms with Crippen LogP contribution in [0.15, 0.2) is 22.9 Å². The molecule has 0 spiro atoms. The number of benzene rings is 1. The highest BCUT2D eigenvalue weighted by atomic mass is 79.9. The minimum absolute atomic E-state index is 0.263. The van der Waals surface area contributed by atoms with Gasteiger partial charge in [0.2, 0.25) is 0 Å². The fourth-order valence-electron chi connectivity index (χ4n) is 2.78. The number of rotatable bonds is 3. The van der Waals surface area contributed by atoms with Gasteiger partial charge < -0.3 is 20.1 Å². The molecule has 0 saturated heterocycles. The van der Waals surface area contributed by atoms with Crippen molar-refractivity contribution in [2.75, 3.05) is 5.73 Å². The van der Waals surface area contributed by atoms with Gasteiger partial charge in [-0.3, -0.25) is 0 Å². The largest absolute Gasteiger partial charge is 0.456 e. The van der Waals surface area contributed by atoms with E-state index in [9.17, 15) is 9.90 Å². The summed E-state index contributed by atoms with van der Waals surface area (Å²) in [6.45, 7) is 7.50. The number of carbonyl (C=O) groups is 1. The van der Waals surface area contributed by atoms with Crippen molar-refractivity contribution in [1.82, 2.24) is 14.5 Å². The summed E-state index contributed by atoms with van der Waals surface area (Å²) < 4.78 is 7.82. The van der Waals surface area contributed by atoms with Gasteiger partial charge in [0.05, 0.1) is 29.2 Å². The van der Waals surface area contributed by atoms with Crippen LogP contribution in [0.1, 0.15) is 38.1 Å². The number of halogens is 1. The number of imidazole rings is 1. The van der Waals surface area contributed by atoms with E-state index in [-0.39, 0.29) is 5.82 Å². The molecule has 0 saturated carbocycles. The van der Waals surface area contributed by atoms with Crippen LogP contribution in [0.25, 0.3) is 21.9 Å². The van der Waals surface area contributed by atoms with Gasteiger partial charge in [0, 0.05) is 5.39 Å². The van der Waals surface area contributed by atoms with Crippen molar-refractivity contribution < 1.29 is 14.6 Å². The number of nitrogens with zero attached hydrogens (tertiary/aromatic N) is 3. The first-order chi connectivity index (χ1) is 12.1. The number of pyridine rings is 1. The molecule has 1 unspecified atom stereocenters. The van der Waals surface area contributed by atoms with Gasteiger partial charge in [-0.25, -0.2) is 14.8 Å². The van der Waals surface area contributed by atoms with Crippen LogP contribution in [0.2, 0.25) is 0 Å². The third-order valence-corrected chi connectivity index (χ3v) is 4.34. The van der Waals surface area contributed by atoms with Crippen molar-refractivity contribution >= 4 is 49.7 Å². The summed E-state index contributed by atoms with van der Waals surface area (Å²) in [6.07, 6.45) is -0.561. The molecule has 3 N–H and O–H groups in total. The van der Waals surface area contributed by atoms with E-state index >= 15 is 0 Å². The van der Waals surface area contributed by atoms with Crippen molar-refractivity contribution in [3.8, 4) is 0 Å². The Morgan fingerprint density at radius 1 is 1.38 bits per heavy atom. The molecule has 0 aliphatic heterocycles. The normalized spacial score (nSPS) is 13.3. The molecular weight excluding hydrogens is 400 g/mol. The lowest BCUT2D eigenvalue weighted by Crippen LogP contribution is -2.23. The van der Waals surface area contributed by atoms with Crippen LogP contribution in [0.5, 0.6) is 0 Å². The van der Waals surface area contributed by atoms with Crippen LogP contribution in [-0.2, 0) is 11.3 Å². The van der Waals surface area contributed by atoms with Crippen LogP contribution in [0.4, 0.5) is 5.82 Å². The molecule has 0 fully saturated rings.